The SMILES string of the molecule is COCCN1CS(=O)c2c(N)cccc21. The van der Waals surface area contributed by atoms with Crippen LogP contribution in [-0.2, 0) is 15.5 Å². The Balaban J connectivity index is 2.30. The van der Waals surface area contributed by atoms with Crippen molar-refractivity contribution in [2.75, 3.05) is 36.8 Å². The summed E-state index contributed by atoms with van der Waals surface area (Å²) >= 11 is 0. The van der Waals surface area contributed by atoms with Crippen molar-refractivity contribution >= 4 is 22.2 Å². The molecule has 1 heterocycles. The summed E-state index contributed by atoms with van der Waals surface area (Å²) in [5, 5.41) is 0. The van der Waals surface area contributed by atoms with Gasteiger partial charge in [0.05, 0.1) is 33.9 Å². The number of hydrogen-bond donors (Lipinski definition) is 1. The zero-order chi connectivity index (χ0) is 10.8. The molecule has 0 aromatic heterocycles. The van der Waals surface area contributed by atoms with Gasteiger partial charge in [0, 0.05) is 19.3 Å². The molecule has 0 amide bonds. The van der Waals surface area contributed by atoms with E-state index in [-0.39, 0.29) is 0 Å². The first kappa shape index (κ1) is 10.4. The van der Waals surface area contributed by atoms with Crippen molar-refractivity contribution < 1.29 is 8.95 Å². The molecule has 4 nitrogen and oxygen atoms in total. The second-order valence-electron chi connectivity index (χ2n) is 3.43. The minimum absolute atomic E-state index is 0.521. The quantitative estimate of drug-likeness (QED) is 0.775. The summed E-state index contributed by atoms with van der Waals surface area (Å²) in [5.74, 6) is 0.521. The van der Waals surface area contributed by atoms with E-state index in [0.717, 1.165) is 17.1 Å². The number of ether oxygens (including phenoxy) is 1. The zero-order valence-electron chi connectivity index (χ0n) is 8.60. The van der Waals surface area contributed by atoms with Crippen LogP contribution in [0.2, 0.25) is 0 Å². The lowest BCUT2D eigenvalue weighted by atomic mass is 10.2. The van der Waals surface area contributed by atoms with Crippen LogP contribution in [0.15, 0.2) is 23.1 Å². The van der Waals surface area contributed by atoms with Crippen molar-refractivity contribution in [1.29, 1.82) is 0 Å². The Morgan fingerprint density at radius 3 is 3.13 bits per heavy atom. The van der Waals surface area contributed by atoms with E-state index in [4.69, 9.17) is 10.5 Å². The number of benzene rings is 1. The van der Waals surface area contributed by atoms with E-state index in [1.54, 1.807) is 13.2 Å². The van der Waals surface area contributed by atoms with Crippen LogP contribution in [0.25, 0.3) is 0 Å². The molecule has 1 aromatic rings. The Hall–Kier alpha value is -1.07. The molecule has 0 saturated heterocycles. The van der Waals surface area contributed by atoms with Gasteiger partial charge in [-0.3, -0.25) is 4.21 Å². The Kier molecular flexibility index (Phi) is 2.93. The summed E-state index contributed by atoms with van der Waals surface area (Å²) in [6.07, 6.45) is 0. The highest BCUT2D eigenvalue weighted by Gasteiger charge is 2.26. The van der Waals surface area contributed by atoms with Gasteiger partial charge in [0.1, 0.15) is 0 Å². The van der Waals surface area contributed by atoms with Gasteiger partial charge >= 0.3 is 0 Å². The van der Waals surface area contributed by atoms with E-state index < -0.39 is 10.8 Å². The summed E-state index contributed by atoms with van der Waals surface area (Å²) < 4.78 is 16.8. The highest BCUT2D eigenvalue weighted by Crippen LogP contribution is 2.35. The second kappa shape index (κ2) is 4.20. The maximum absolute atomic E-state index is 11.8. The number of fused-ring (bicyclic) bond motifs is 1. The highest BCUT2D eigenvalue weighted by molar-refractivity contribution is 7.85. The number of methoxy groups -OCH3 is 1. The van der Waals surface area contributed by atoms with Crippen LogP contribution in [0.1, 0.15) is 0 Å². The third-order valence-corrected chi connectivity index (χ3v) is 3.88. The minimum atomic E-state index is -0.998. The van der Waals surface area contributed by atoms with Crippen LogP contribution in [0.5, 0.6) is 0 Å². The average molecular weight is 226 g/mol. The van der Waals surface area contributed by atoms with Gasteiger partial charge in [0.2, 0.25) is 0 Å². The molecular weight excluding hydrogens is 212 g/mol. The fourth-order valence-electron chi connectivity index (χ4n) is 1.70. The number of rotatable bonds is 3. The number of anilines is 2. The molecule has 15 heavy (non-hydrogen) atoms. The Morgan fingerprint density at radius 2 is 2.40 bits per heavy atom. The molecule has 0 bridgehead atoms. The molecule has 2 N–H and O–H groups in total. The highest BCUT2D eigenvalue weighted by atomic mass is 32.2. The van der Waals surface area contributed by atoms with E-state index in [9.17, 15) is 4.21 Å². The molecule has 1 atom stereocenters. The van der Waals surface area contributed by atoms with Gasteiger partial charge in [-0.2, -0.15) is 0 Å². The van der Waals surface area contributed by atoms with Gasteiger partial charge in [-0.05, 0) is 12.1 Å². The normalized spacial score (nSPS) is 19.3. The molecule has 0 saturated carbocycles. The third-order valence-electron chi connectivity index (χ3n) is 2.43. The maximum Gasteiger partial charge on any atom is 0.0987 e. The van der Waals surface area contributed by atoms with Crippen molar-refractivity contribution in [2.24, 2.45) is 0 Å². The summed E-state index contributed by atoms with van der Waals surface area (Å²) in [7, 11) is 0.662. The molecule has 0 fully saturated rings. The van der Waals surface area contributed by atoms with E-state index in [2.05, 4.69) is 0 Å². The summed E-state index contributed by atoms with van der Waals surface area (Å²) in [6, 6.07) is 5.62. The fourth-order valence-corrected chi connectivity index (χ4v) is 3.14. The van der Waals surface area contributed by atoms with E-state index in [1.807, 2.05) is 17.0 Å². The van der Waals surface area contributed by atoms with Crippen molar-refractivity contribution in [2.45, 2.75) is 4.90 Å². The number of nitrogen functional groups attached to an aromatic ring is 1. The molecule has 82 valence electrons. The Morgan fingerprint density at radius 1 is 1.60 bits per heavy atom. The van der Waals surface area contributed by atoms with Crippen LogP contribution in [0, 0.1) is 0 Å². The predicted octanol–water partition coefficient (Wildman–Crippen LogP) is 0.800. The second-order valence-corrected chi connectivity index (χ2v) is 4.78. The van der Waals surface area contributed by atoms with Gasteiger partial charge in [-0.1, -0.05) is 6.07 Å². The number of hydrogen-bond acceptors (Lipinski definition) is 4. The van der Waals surface area contributed by atoms with Gasteiger partial charge in [-0.15, -0.1) is 0 Å². The molecule has 0 aliphatic carbocycles. The first-order chi connectivity index (χ1) is 7.24. The van der Waals surface area contributed by atoms with Gasteiger partial charge in [0.25, 0.3) is 0 Å². The van der Waals surface area contributed by atoms with Crippen molar-refractivity contribution in [3.05, 3.63) is 18.2 Å². The van der Waals surface area contributed by atoms with Crippen LogP contribution in [0.4, 0.5) is 11.4 Å². The fraction of sp³-hybridized carbons (Fsp3) is 0.400. The molecule has 1 aliphatic rings. The molecule has 5 heteroatoms. The third kappa shape index (κ3) is 1.85. The lowest BCUT2D eigenvalue weighted by molar-refractivity contribution is 0.206. The summed E-state index contributed by atoms with van der Waals surface area (Å²) in [6.45, 7) is 1.38. The smallest absolute Gasteiger partial charge is 0.0987 e. The van der Waals surface area contributed by atoms with E-state index in [0.29, 0.717) is 18.2 Å². The monoisotopic (exact) mass is 226 g/mol. The standard InChI is InChI=1S/C10H14N2O2S/c1-14-6-5-12-7-15(13)10-8(11)3-2-4-9(10)12/h2-4H,5-7,11H2,1H3. The molecule has 1 aliphatic heterocycles. The van der Waals surface area contributed by atoms with Crippen LogP contribution in [-0.4, -0.2) is 30.3 Å². The van der Waals surface area contributed by atoms with Crippen molar-refractivity contribution in [1.82, 2.24) is 0 Å². The Bertz CT molecular complexity index is 395. The maximum atomic E-state index is 11.8. The minimum Gasteiger partial charge on any atom is -0.398 e. The molecule has 0 spiro atoms. The van der Waals surface area contributed by atoms with Gasteiger partial charge < -0.3 is 15.4 Å². The molecular formula is C10H14N2O2S. The van der Waals surface area contributed by atoms with Gasteiger partial charge in [-0.25, -0.2) is 0 Å². The van der Waals surface area contributed by atoms with Crippen molar-refractivity contribution in [3.63, 3.8) is 0 Å². The predicted molar refractivity (Wildman–Crippen MR) is 61.4 cm³/mol. The van der Waals surface area contributed by atoms with Crippen molar-refractivity contribution in [3.8, 4) is 0 Å². The largest absolute Gasteiger partial charge is 0.398 e. The molecule has 0 radical (unpaired) electrons. The van der Waals surface area contributed by atoms with Crippen LogP contribution >= 0.6 is 0 Å². The topological polar surface area (TPSA) is 55.6 Å². The van der Waals surface area contributed by atoms with Crippen LogP contribution < -0.4 is 10.6 Å². The van der Waals surface area contributed by atoms with E-state index >= 15 is 0 Å². The summed E-state index contributed by atoms with van der Waals surface area (Å²) in [4.78, 5) is 2.82. The number of nitrogens with two attached hydrogens (primary N) is 1. The zero-order valence-corrected chi connectivity index (χ0v) is 9.42. The van der Waals surface area contributed by atoms with Crippen LogP contribution in [0.3, 0.4) is 0 Å². The Labute approximate surface area is 91.5 Å². The molecule has 2 rings (SSSR count). The van der Waals surface area contributed by atoms with E-state index in [1.165, 1.54) is 0 Å². The molecule has 1 aromatic carbocycles. The first-order valence-electron chi connectivity index (χ1n) is 4.75. The summed E-state index contributed by atoms with van der Waals surface area (Å²) in [5.41, 5.74) is 7.40. The first-order valence-corrected chi connectivity index (χ1v) is 6.06. The average Bonchev–Trinajstić information content (AvgIpc) is 2.54. The van der Waals surface area contributed by atoms with Gasteiger partial charge in [0.15, 0.2) is 0 Å². The lowest BCUT2D eigenvalue weighted by Gasteiger charge is -2.17. The number of nitrogens with zero attached hydrogens (tertiary/aromatic N) is 1. The lowest BCUT2D eigenvalue weighted by Crippen LogP contribution is -2.25. The molecule has 1 unspecified atom stereocenters.